The molecule has 3 aromatic rings. The zero-order valence-corrected chi connectivity index (χ0v) is 17.7. The highest BCUT2D eigenvalue weighted by Gasteiger charge is 2.42. The summed E-state index contributed by atoms with van der Waals surface area (Å²) in [5.41, 5.74) is 3.62. The molecule has 2 aromatic heterocycles. The van der Waals surface area contributed by atoms with Crippen LogP contribution < -0.4 is 9.64 Å². The summed E-state index contributed by atoms with van der Waals surface area (Å²) >= 11 is 6.23. The zero-order valence-electron chi connectivity index (χ0n) is 16.9. The maximum atomic E-state index is 6.23. The molecule has 2 aliphatic rings. The van der Waals surface area contributed by atoms with Gasteiger partial charge in [0, 0.05) is 23.7 Å². The highest BCUT2D eigenvalue weighted by molar-refractivity contribution is 6.31. The number of piperidine rings is 1. The van der Waals surface area contributed by atoms with Crippen molar-refractivity contribution in [1.82, 2.24) is 20.2 Å². The Balaban J connectivity index is 1.41. The fraction of sp³-hybridized carbons (Fsp3) is 0.500. The molecule has 152 valence electrons. The minimum atomic E-state index is 0.555. The van der Waals surface area contributed by atoms with Crippen molar-refractivity contribution < 1.29 is 4.74 Å². The highest BCUT2D eigenvalue weighted by atomic mass is 35.5. The van der Waals surface area contributed by atoms with Gasteiger partial charge < -0.3 is 9.64 Å². The first-order valence-corrected chi connectivity index (χ1v) is 10.8. The largest absolute Gasteiger partial charge is 0.497 e. The van der Waals surface area contributed by atoms with Gasteiger partial charge in [-0.1, -0.05) is 31.4 Å². The van der Waals surface area contributed by atoms with Crippen molar-refractivity contribution in [2.45, 2.75) is 39.0 Å². The monoisotopic (exact) mass is 411 g/mol. The number of ether oxygens (including phenoxy) is 1. The summed E-state index contributed by atoms with van der Waals surface area (Å²) in [6.45, 7) is 4.53. The third-order valence-electron chi connectivity index (χ3n) is 7.09. The van der Waals surface area contributed by atoms with Gasteiger partial charge in [0.05, 0.1) is 19.0 Å². The van der Waals surface area contributed by atoms with Gasteiger partial charge in [-0.2, -0.15) is 5.10 Å². The van der Waals surface area contributed by atoms with Gasteiger partial charge in [-0.15, -0.1) is 0 Å². The van der Waals surface area contributed by atoms with Crippen LogP contribution in [0.1, 0.15) is 39.0 Å². The van der Waals surface area contributed by atoms with Crippen molar-refractivity contribution in [3.8, 4) is 17.0 Å². The number of anilines is 1. The molecule has 29 heavy (non-hydrogen) atoms. The molecule has 0 radical (unpaired) electrons. The number of rotatable bonds is 3. The first kappa shape index (κ1) is 18.7. The summed E-state index contributed by atoms with van der Waals surface area (Å²) < 4.78 is 5.33. The maximum Gasteiger partial charge on any atom is 0.202 e. The van der Waals surface area contributed by atoms with Gasteiger partial charge in [-0.05, 0) is 48.8 Å². The molecule has 1 saturated heterocycles. The Morgan fingerprint density at radius 1 is 1.21 bits per heavy atom. The summed E-state index contributed by atoms with van der Waals surface area (Å²) in [7, 11) is 1.63. The first-order valence-electron chi connectivity index (χ1n) is 10.4. The van der Waals surface area contributed by atoms with Gasteiger partial charge in [0.15, 0.2) is 0 Å². The number of hydrogen-bond acceptors (Lipinski definition) is 5. The van der Waals surface area contributed by atoms with Crippen LogP contribution in [0.2, 0.25) is 5.02 Å². The second-order valence-corrected chi connectivity index (χ2v) is 8.96. The van der Waals surface area contributed by atoms with Crippen molar-refractivity contribution in [2.75, 3.05) is 25.1 Å². The van der Waals surface area contributed by atoms with Gasteiger partial charge in [0.25, 0.3) is 0 Å². The quantitative estimate of drug-likeness (QED) is 0.650. The first-order chi connectivity index (χ1) is 14.1. The zero-order chi connectivity index (χ0) is 20.0. The molecule has 1 saturated carbocycles. The number of nitrogens with one attached hydrogen (secondary N) is 1. The molecule has 0 bridgehead atoms. The van der Waals surface area contributed by atoms with Crippen LogP contribution in [0.5, 0.6) is 5.75 Å². The van der Waals surface area contributed by atoms with Gasteiger partial charge in [-0.3, -0.25) is 5.10 Å². The summed E-state index contributed by atoms with van der Waals surface area (Å²) in [6.07, 6.45) is 8.54. The van der Waals surface area contributed by atoms with E-state index in [2.05, 4.69) is 22.0 Å². The predicted octanol–water partition coefficient (Wildman–Crippen LogP) is 5.09. The van der Waals surface area contributed by atoms with Crippen LogP contribution in [0.4, 0.5) is 5.82 Å². The van der Waals surface area contributed by atoms with Crippen LogP contribution in [0, 0.1) is 11.3 Å². The van der Waals surface area contributed by atoms with Gasteiger partial charge in [0.2, 0.25) is 5.65 Å². The van der Waals surface area contributed by atoms with Crippen molar-refractivity contribution in [2.24, 2.45) is 11.3 Å². The number of methoxy groups -OCH3 is 1. The Hall–Kier alpha value is -2.34. The summed E-state index contributed by atoms with van der Waals surface area (Å²) in [6, 6.07) is 5.57. The van der Waals surface area contributed by atoms with E-state index < -0.39 is 0 Å². The standard InChI is InChI=1S/C22H26ClN5O/c1-14-4-3-5-22(14)6-8-28(9-7-22)18-13-24-20-19(26-27-21(20)25-18)15-10-16(23)12-17(11-15)29-2/h10-14H,3-9H2,1-2H3,(H,25,26,27)/t14-/m1/s1. The third kappa shape index (κ3) is 3.23. The number of benzene rings is 1. The SMILES string of the molecule is COc1cc(Cl)cc(-c2[nH]nc3nc(N4CCC5(CCC[C@H]5C)CC4)cnc23)c1. The van der Waals surface area contributed by atoms with Crippen LogP contribution in [0.25, 0.3) is 22.4 Å². The van der Waals surface area contributed by atoms with E-state index in [9.17, 15) is 0 Å². The highest BCUT2D eigenvalue weighted by Crippen LogP contribution is 2.50. The molecule has 1 aliphatic heterocycles. The van der Waals surface area contributed by atoms with Gasteiger partial charge in [-0.25, -0.2) is 9.97 Å². The maximum absolute atomic E-state index is 6.23. The smallest absolute Gasteiger partial charge is 0.202 e. The molecule has 7 heteroatoms. The number of halogens is 1. The Morgan fingerprint density at radius 3 is 2.76 bits per heavy atom. The molecule has 1 aliphatic carbocycles. The minimum absolute atomic E-state index is 0.555. The van der Waals surface area contributed by atoms with E-state index in [0.29, 0.717) is 21.8 Å². The lowest BCUT2D eigenvalue weighted by Crippen LogP contribution is -2.41. The lowest BCUT2D eigenvalue weighted by Gasteiger charge is -2.42. The second kappa shape index (κ2) is 7.17. The fourth-order valence-corrected chi connectivity index (χ4v) is 5.43. The minimum Gasteiger partial charge on any atom is -0.497 e. The van der Waals surface area contributed by atoms with E-state index in [-0.39, 0.29) is 0 Å². The van der Waals surface area contributed by atoms with Gasteiger partial charge >= 0.3 is 0 Å². The number of aromatic nitrogens is 4. The average Bonchev–Trinajstić information content (AvgIpc) is 3.31. The van der Waals surface area contributed by atoms with E-state index in [4.69, 9.17) is 26.3 Å². The summed E-state index contributed by atoms with van der Waals surface area (Å²) in [5.74, 6) is 2.46. The van der Waals surface area contributed by atoms with E-state index >= 15 is 0 Å². The summed E-state index contributed by atoms with van der Waals surface area (Å²) in [5, 5.41) is 8.09. The van der Waals surface area contributed by atoms with Gasteiger partial charge in [0.1, 0.15) is 17.1 Å². The normalized spacial score (nSPS) is 21.2. The molecule has 0 unspecified atom stereocenters. The topological polar surface area (TPSA) is 66.9 Å². The van der Waals surface area contributed by atoms with Crippen LogP contribution in [-0.4, -0.2) is 40.4 Å². The number of aromatic amines is 1. The lowest BCUT2D eigenvalue weighted by molar-refractivity contribution is 0.161. The van der Waals surface area contributed by atoms with Crippen molar-refractivity contribution in [3.05, 3.63) is 29.4 Å². The van der Waals surface area contributed by atoms with Crippen LogP contribution in [-0.2, 0) is 0 Å². The lowest BCUT2D eigenvalue weighted by atomic mass is 9.71. The second-order valence-electron chi connectivity index (χ2n) is 8.52. The molecule has 6 nitrogen and oxygen atoms in total. The molecule has 1 atom stereocenters. The molecular formula is C22H26ClN5O. The molecule has 1 N–H and O–H groups in total. The Morgan fingerprint density at radius 2 is 2.03 bits per heavy atom. The van der Waals surface area contributed by atoms with E-state index in [1.165, 1.54) is 32.1 Å². The summed E-state index contributed by atoms with van der Waals surface area (Å²) in [4.78, 5) is 11.9. The van der Waals surface area contributed by atoms with Crippen molar-refractivity contribution in [3.63, 3.8) is 0 Å². The van der Waals surface area contributed by atoms with Crippen molar-refractivity contribution in [1.29, 1.82) is 0 Å². The van der Waals surface area contributed by atoms with Crippen LogP contribution >= 0.6 is 11.6 Å². The number of hydrogen-bond donors (Lipinski definition) is 1. The number of H-pyrrole nitrogens is 1. The third-order valence-corrected chi connectivity index (χ3v) is 7.31. The van der Waals surface area contributed by atoms with E-state index in [1.54, 1.807) is 13.2 Å². The predicted molar refractivity (Wildman–Crippen MR) is 116 cm³/mol. The molecule has 2 fully saturated rings. The van der Waals surface area contributed by atoms with E-state index in [1.807, 2.05) is 18.3 Å². The molecule has 5 rings (SSSR count). The van der Waals surface area contributed by atoms with Crippen LogP contribution in [0.15, 0.2) is 24.4 Å². The molecule has 3 heterocycles. The van der Waals surface area contributed by atoms with Crippen molar-refractivity contribution >= 4 is 28.6 Å². The fourth-order valence-electron chi connectivity index (χ4n) is 5.20. The Bertz CT molecular complexity index is 1040. The van der Waals surface area contributed by atoms with Crippen LogP contribution in [0.3, 0.4) is 0 Å². The molecule has 1 spiro atoms. The Kier molecular flexibility index (Phi) is 4.62. The molecule has 1 aromatic carbocycles. The van der Waals surface area contributed by atoms with E-state index in [0.717, 1.165) is 41.6 Å². The molecular weight excluding hydrogens is 386 g/mol. The number of fused-ring (bicyclic) bond motifs is 1. The Labute approximate surface area is 175 Å². The average molecular weight is 412 g/mol. The molecule has 0 amide bonds. The number of nitrogens with zero attached hydrogens (tertiary/aromatic N) is 4.